The lowest BCUT2D eigenvalue weighted by Gasteiger charge is -2.18. The summed E-state index contributed by atoms with van der Waals surface area (Å²) in [6, 6.07) is 11.7. The highest BCUT2D eigenvalue weighted by molar-refractivity contribution is 5.58. The molecule has 0 unspecified atom stereocenters. The fourth-order valence-corrected chi connectivity index (χ4v) is 3.14. The van der Waals surface area contributed by atoms with Gasteiger partial charge in [-0.25, -0.2) is 0 Å². The van der Waals surface area contributed by atoms with Crippen molar-refractivity contribution in [1.82, 2.24) is 5.32 Å². The normalized spacial score (nSPS) is 17.3. The molecule has 1 aliphatic carbocycles. The van der Waals surface area contributed by atoms with Crippen molar-refractivity contribution in [3.8, 4) is 0 Å². The fourth-order valence-electron chi connectivity index (χ4n) is 3.14. The van der Waals surface area contributed by atoms with Crippen LogP contribution in [0.1, 0.15) is 35.5 Å². The summed E-state index contributed by atoms with van der Waals surface area (Å²) in [5.41, 5.74) is 4.17. The van der Waals surface area contributed by atoms with Crippen LogP contribution in [-0.4, -0.2) is 12.6 Å². The molecular formula is C18H22N2O. The Morgan fingerprint density at radius 1 is 1.29 bits per heavy atom. The van der Waals surface area contributed by atoms with E-state index in [1.165, 1.54) is 29.7 Å². The highest BCUT2D eigenvalue weighted by Crippen LogP contribution is 2.30. The lowest BCUT2D eigenvalue weighted by Crippen LogP contribution is -2.19. The van der Waals surface area contributed by atoms with E-state index >= 15 is 0 Å². The number of hydrogen-bond donors (Lipinski definition) is 1. The van der Waals surface area contributed by atoms with E-state index in [0.717, 1.165) is 43.6 Å². The Bertz CT molecular complexity index is 642. The first kappa shape index (κ1) is 13.0. The Kier molecular flexibility index (Phi) is 3.23. The van der Waals surface area contributed by atoms with Gasteiger partial charge in [-0.05, 0) is 43.9 Å². The summed E-state index contributed by atoms with van der Waals surface area (Å²) in [7, 11) is 0. The van der Waals surface area contributed by atoms with Crippen molar-refractivity contribution in [2.45, 2.75) is 45.3 Å². The molecule has 0 radical (unpaired) electrons. The van der Waals surface area contributed by atoms with Crippen LogP contribution < -0.4 is 10.2 Å². The molecule has 1 aromatic carbocycles. The summed E-state index contributed by atoms with van der Waals surface area (Å²) in [5, 5.41) is 3.52. The van der Waals surface area contributed by atoms with Gasteiger partial charge in [0, 0.05) is 30.4 Å². The molecule has 1 N–H and O–H groups in total. The van der Waals surface area contributed by atoms with Crippen LogP contribution in [0.25, 0.3) is 0 Å². The topological polar surface area (TPSA) is 28.4 Å². The highest BCUT2D eigenvalue weighted by Gasteiger charge is 2.22. The van der Waals surface area contributed by atoms with Crippen LogP contribution in [0.4, 0.5) is 5.69 Å². The van der Waals surface area contributed by atoms with E-state index in [0.29, 0.717) is 0 Å². The molecule has 0 atom stereocenters. The summed E-state index contributed by atoms with van der Waals surface area (Å²) < 4.78 is 5.90. The molecule has 1 aliphatic heterocycles. The molecule has 3 nitrogen and oxygen atoms in total. The maximum Gasteiger partial charge on any atom is 0.118 e. The first-order valence-corrected chi connectivity index (χ1v) is 7.94. The number of benzene rings is 1. The van der Waals surface area contributed by atoms with E-state index in [1.54, 1.807) is 0 Å². The Hall–Kier alpha value is -1.74. The SMILES string of the molecule is Cc1oc(CNC2CC2)cc1CN1CCc2ccccc21. The molecule has 1 saturated carbocycles. The minimum atomic E-state index is 0.726. The molecule has 0 amide bonds. The predicted molar refractivity (Wildman–Crippen MR) is 84.5 cm³/mol. The molecule has 0 spiro atoms. The third-order valence-electron chi connectivity index (χ3n) is 4.56. The fraction of sp³-hybridized carbons (Fsp3) is 0.444. The van der Waals surface area contributed by atoms with Crippen LogP contribution in [0.2, 0.25) is 0 Å². The zero-order chi connectivity index (χ0) is 14.2. The molecule has 2 aliphatic rings. The third-order valence-corrected chi connectivity index (χ3v) is 4.56. The van der Waals surface area contributed by atoms with Gasteiger partial charge >= 0.3 is 0 Å². The zero-order valence-electron chi connectivity index (χ0n) is 12.6. The molecule has 2 aromatic rings. The van der Waals surface area contributed by atoms with Gasteiger partial charge in [-0.3, -0.25) is 0 Å². The molecule has 110 valence electrons. The predicted octanol–water partition coefficient (Wildman–Crippen LogP) is 3.40. The summed E-state index contributed by atoms with van der Waals surface area (Å²) in [6.07, 6.45) is 3.79. The van der Waals surface area contributed by atoms with Crippen molar-refractivity contribution < 1.29 is 4.42 Å². The number of furan rings is 1. The Morgan fingerprint density at radius 2 is 2.14 bits per heavy atom. The molecule has 0 bridgehead atoms. The third kappa shape index (κ3) is 2.70. The summed E-state index contributed by atoms with van der Waals surface area (Å²) in [4.78, 5) is 2.46. The minimum Gasteiger partial charge on any atom is -0.465 e. The van der Waals surface area contributed by atoms with Gasteiger partial charge < -0.3 is 14.6 Å². The van der Waals surface area contributed by atoms with Gasteiger partial charge in [0.2, 0.25) is 0 Å². The molecule has 21 heavy (non-hydrogen) atoms. The van der Waals surface area contributed by atoms with Gasteiger partial charge in [0.1, 0.15) is 11.5 Å². The van der Waals surface area contributed by atoms with Crippen molar-refractivity contribution in [2.75, 3.05) is 11.4 Å². The van der Waals surface area contributed by atoms with Crippen molar-refractivity contribution >= 4 is 5.69 Å². The summed E-state index contributed by atoms with van der Waals surface area (Å²) >= 11 is 0. The van der Waals surface area contributed by atoms with E-state index in [2.05, 4.69) is 47.5 Å². The number of nitrogens with one attached hydrogen (secondary N) is 1. The van der Waals surface area contributed by atoms with Crippen molar-refractivity contribution in [1.29, 1.82) is 0 Å². The molecule has 1 aromatic heterocycles. The van der Waals surface area contributed by atoms with Gasteiger partial charge in [0.05, 0.1) is 6.54 Å². The molecule has 2 heterocycles. The van der Waals surface area contributed by atoms with Gasteiger partial charge in [0.15, 0.2) is 0 Å². The lowest BCUT2D eigenvalue weighted by atomic mass is 10.2. The monoisotopic (exact) mass is 282 g/mol. The number of aryl methyl sites for hydroxylation is 1. The molecule has 1 fully saturated rings. The van der Waals surface area contributed by atoms with Crippen LogP contribution in [0.15, 0.2) is 34.7 Å². The molecule has 4 rings (SSSR count). The molecular weight excluding hydrogens is 260 g/mol. The van der Waals surface area contributed by atoms with Crippen LogP contribution >= 0.6 is 0 Å². The first-order chi connectivity index (χ1) is 10.3. The summed E-state index contributed by atoms with van der Waals surface area (Å²) in [5.74, 6) is 2.13. The van der Waals surface area contributed by atoms with E-state index in [9.17, 15) is 0 Å². The average molecular weight is 282 g/mol. The van der Waals surface area contributed by atoms with E-state index in [4.69, 9.17) is 4.42 Å². The van der Waals surface area contributed by atoms with Gasteiger partial charge in [-0.2, -0.15) is 0 Å². The highest BCUT2D eigenvalue weighted by atomic mass is 16.3. The smallest absolute Gasteiger partial charge is 0.118 e. The zero-order valence-corrected chi connectivity index (χ0v) is 12.6. The van der Waals surface area contributed by atoms with Gasteiger partial charge in [-0.1, -0.05) is 18.2 Å². The molecule has 0 saturated heterocycles. The Balaban J connectivity index is 1.47. The van der Waals surface area contributed by atoms with Crippen molar-refractivity contribution in [3.63, 3.8) is 0 Å². The van der Waals surface area contributed by atoms with E-state index in [1.807, 2.05) is 0 Å². The van der Waals surface area contributed by atoms with Crippen LogP contribution in [-0.2, 0) is 19.5 Å². The van der Waals surface area contributed by atoms with Crippen LogP contribution in [0.5, 0.6) is 0 Å². The lowest BCUT2D eigenvalue weighted by molar-refractivity contribution is 0.459. The second kappa shape index (κ2) is 5.23. The van der Waals surface area contributed by atoms with Crippen LogP contribution in [0, 0.1) is 6.92 Å². The minimum absolute atomic E-state index is 0.726. The maximum atomic E-state index is 5.90. The van der Waals surface area contributed by atoms with Crippen molar-refractivity contribution in [2.24, 2.45) is 0 Å². The standard InChI is InChI=1S/C18H22N2O/c1-13-15(10-17(21-13)11-19-16-6-7-16)12-20-9-8-14-4-2-3-5-18(14)20/h2-5,10,16,19H,6-9,11-12H2,1H3. The average Bonchev–Trinajstić information content (AvgIpc) is 3.15. The number of fused-ring (bicyclic) bond motifs is 1. The second-order valence-corrected chi connectivity index (χ2v) is 6.25. The van der Waals surface area contributed by atoms with Gasteiger partial charge in [-0.15, -0.1) is 0 Å². The number of rotatable bonds is 5. The number of anilines is 1. The summed E-state index contributed by atoms with van der Waals surface area (Å²) in [6.45, 7) is 5.01. The molecule has 3 heteroatoms. The van der Waals surface area contributed by atoms with Gasteiger partial charge in [0.25, 0.3) is 0 Å². The number of para-hydroxylation sites is 1. The number of nitrogens with zero attached hydrogens (tertiary/aromatic N) is 1. The van der Waals surface area contributed by atoms with E-state index < -0.39 is 0 Å². The Labute approximate surface area is 126 Å². The first-order valence-electron chi connectivity index (χ1n) is 7.94. The quantitative estimate of drug-likeness (QED) is 0.911. The van der Waals surface area contributed by atoms with Crippen molar-refractivity contribution in [3.05, 3.63) is 53.0 Å². The van der Waals surface area contributed by atoms with Crippen LogP contribution in [0.3, 0.4) is 0 Å². The van der Waals surface area contributed by atoms with E-state index in [-0.39, 0.29) is 0 Å². The second-order valence-electron chi connectivity index (χ2n) is 6.25. The largest absolute Gasteiger partial charge is 0.465 e. The Morgan fingerprint density at radius 3 is 3.00 bits per heavy atom. The number of hydrogen-bond acceptors (Lipinski definition) is 3. The maximum absolute atomic E-state index is 5.90.